The van der Waals surface area contributed by atoms with Gasteiger partial charge < -0.3 is 60.0 Å². The molecule has 6 rings (SSSR count). The summed E-state index contributed by atoms with van der Waals surface area (Å²) >= 11 is 13.5. The zero-order chi connectivity index (χ0) is 75.1. The molecule has 2 saturated heterocycles. The first-order valence-corrected chi connectivity index (χ1v) is 38.0. The van der Waals surface area contributed by atoms with Crippen molar-refractivity contribution in [3.8, 4) is 0 Å². The topological polar surface area (TPSA) is 270 Å². The number of nitrogens with one attached hydrogen (secondary N) is 3. The van der Waals surface area contributed by atoms with Crippen LogP contribution in [0.25, 0.3) is 0 Å². The lowest BCUT2D eigenvalue weighted by atomic mass is 9.78. The van der Waals surface area contributed by atoms with Gasteiger partial charge in [-0.3, -0.25) is 57.5 Å². The summed E-state index contributed by atoms with van der Waals surface area (Å²) in [6, 6.07) is -8.97. The fourth-order valence-corrected chi connectivity index (χ4v) is 17.0. The van der Waals surface area contributed by atoms with Crippen molar-refractivity contribution in [1.82, 2.24) is 60.0 Å². The first kappa shape index (κ1) is 84.0. The van der Waals surface area contributed by atoms with Gasteiger partial charge in [0.15, 0.2) is 0 Å². The molecule has 1 spiro atoms. The van der Waals surface area contributed by atoms with E-state index in [1.54, 1.807) is 32.6 Å². The maximum Gasteiger partial charge on any atom is 0.393 e. The molecule has 29 heteroatoms. The van der Waals surface area contributed by atoms with Crippen molar-refractivity contribution < 1.29 is 70.7 Å². The van der Waals surface area contributed by atoms with E-state index in [1.165, 1.54) is 75.9 Å². The lowest BCUT2D eigenvalue weighted by molar-refractivity contribution is -0.182. The molecule has 572 valence electrons. The molecule has 4 saturated carbocycles. The predicted molar refractivity (Wildman–Crippen MR) is 377 cm³/mol. The maximum absolute atomic E-state index is 15.8. The molecular formula is C72H117Cl2F3N12O12. The van der Waals surface area contributed by atoms with Crippen LogP contribution < -0.4 is 16.0 Å². The summed E-state index contributed by atoms with van der Waals surface area (Å²) in [5.74, 6) is -11.5. The van der Waals surface area contributed by atoms with Crippen LogP contribution in [-0.2, 0) is 57.5 Å². The van der Waals surface area contributed by atoms with Gasteiger partial charge in [-0.25, -0.2) is 0 Å². The van der Waals surface area contributed by atoms with E-state index in [4.69, 9.17) is 23.2 Å². The summed E-state index contributed by atoms with van der Waals surface area (Å²) in [6.45, 7) is 9.10. The fourth-order valence-electron chi connectivity index (χ4n) is 16.1. The van der Waals surface area contributed by atoms with E-state index in [0.717, 1.165) is 64.5 Å². The average molecular weight is 1470 g/mol. The smallest absolute Gasteiger partial charge is 0.343 e. The van der Waals surface area contributed by atoms with Crippen LogP contribution in [0.5, 0.6) is 0 Å². The van der Waals surface area contributed by atoms with E-state index in [9.17, 15) is 51.5 Å². The first-order valence-electron chi connectivity index (χ1n) is 37.1. The number of alkyl halides is 5. The van der Waals surface area contributed by atoms with Crippen LogP contribution >= 0.6 is 23.2 Å². The Balaban J connectivity index is 1.44. The summed E-state index contributed by atoms with van der Waals surface area (Å²) in [5, 5.41) is 7.15. The van der Waals surface area contributed by atoms with Crippen molar-refractivity contribution in [2.75, 3.05) is 88.6 Å². The van der Waals surface area contributed by atoms with E-state index in [0.29, 0.717) is 58.0 Å². The highest BCUT2D eigenvalue weighted by Crippen LogP contribution is 2.44. The van der Waals surface area contributed by atoms with Crippen molar-refractivity contribution >= 4 is 94.1 Å². The molecule has 0 bridgehead atoms. The summed E-state index contributed by atoms with van der Waals surface area (Å²) in [6.07, 6.45) is 5.29. The number of carbonyl (C=O) groups is 12. The molecule has 2 aliphatic heterocycles. The molecule has 0 aromatic heterocycles. The minimum Gasteiger partial charge on any atom is -0.343 e. The van der Waals surface area contributed by atoms with Gasteiger partial charge in [0.2, 0.25) is 70.9 Å². The van der Waals surface area contributed by atoms with Gasteiger partial charge in [-0.2, -0.15) is 13.2 Å². The molecule has 5 unspecified atom stereocenters. The number of nitrogens with zero attached hydrogens (tertiary/aromatic N) is 9. The number of hydrogen-bond acceptors (Lipinski definition) is 12. The largest absolute Gasteiger partial charge is 0.393 e. The second kappa shape index (κ2) is 37.6. The Morgan fingerprint density at radius 3 is 1.77 bits per heavy atom. The molecule has 101 heavy (non-hydrogen) atoms. The Labute approximate surface area is 606 Å². The van der Waals surface area contributed by atoms with Crippen molar-refractivity contribution in [3.05, 3.63) is 0 Å². The van der Waals surface area contributed by atoms with E-state index in [2.05, 4.69) is 16.0 Å². The van der Waals surface area contributed by atoms with Crippen LogP contribution in [0.1, 0.15) is 196 Å². The number of hydrogen-bond donors (Lipinski definition) is 3. The fraction of sp³-hybridized carbons (Fsp3) is 0.833. The lowest BCUT2D eigenvalue weighted by Crippen LogP contribution is -2.65. The third kappa shape index (κ3) is 21.6. The molecule has 24 nitrogen and oxygen atoms in total. The van der Waals surface area contributed by atoms with E-state index < -0.39 is 185 Å². The van der Waals surface area contributed by atoms with Crippen molar-refractivity contribution in [1.29, 1.82) is 0 Å². The molecule has 0 aromatic carbocycles. The molecule has 13 atom stereocenters. The Morgan fingerprint density at radius 2 is 1.19 bits per heavy atom. The predicted octanol–water partition coefficient (Wildman–Crippen LogP) is 6.56. The van der Waals surface area contributed by atoms with Gasteiger partial charge in [-0.1, -0.05) is 91.9 Å². The van der Waals surface area contributed by atoms with Crippen molar-refractivity contribution in [2.45, 2.75) is 260 Å². The monoisotopic (exact) mass is 1470 g/mol. The molecule has 3 N–H and O–H groups in total. The molecule has 6 aliphatic rings. The molecule has 0 aromatic rings. The Bertz CT molecular complexity index is 2910. The zero-order valence-corrected chi connectivity index (χ0v) is 63.7. The second-order valence-corrected chi connectivity index (χ2v) is 31.6. The minimum atomic E-state index is -4.53. The van der Waals surface area contributed by atoms with Crippen LogP contribution in [0.4, 0.5) is 13.2 Å². The summed E-state index contributed by atoms with van der Waals surface area (Å²) in [7, 11) is 9.82. The second-order valence-electron chi connectivity index (χ2n) is 30.5. The molecule has 2 heterocycles. The normalized spacial score (nSPS) is 30.6. The van der Waals surface area contributed by atoms with Crippen molar-refractivity contribution in [2.24, 2.45) is 35.5 Å². The highest BCUT2D eigenvalue weighted by Gasteiger charge is 2.52. The van der Waals surface area contributed by atoms with Crippen molar-refractivity contribution in [3.63, 3.8) is 0 Å². The Kier molecular flexibility index (Phi) is 31.3. The standard InChI is InChI=1S/C72H117Cl2F3N12O12/c1-14-45(5)61-68(99)83(9)42-59(92)81(7)43-60(93)85(11)55(38-47-25-17-16-18-26-47)66(97)82(8)41-57(90)78-53(32-30-48-29-31-50(52(74)37-48)72(75,76)77)65(96)89(15-2)54(39-49-27-19-20-28-51(49)73)64(95)80-71(33-21-22-34-71)70(101)87(13)62(44(3)4)69(100)86(12)56(67(98)88-35-23-24-36-88)40-58(91)84(10)46(6)63(94)79-61/h44-56,61-62H,14-43H2,1-13H3,(H,78,90)(H,79,94)(H,80,95)/t45-,46-,48?,49?,50?,51?,52?,53-,54-,55-,56-,61-,62-/m0/s1. The summed E-state index contributed by atoms with van der Waals surface area (Å²) < 4.78 is 42.4. The molecule has 4 aliphatic carbocycles. The van der Waals surface area contributed by atoms with Gasteiger partial charge >= 0.3 is 6.18 Å². The molecular weight excluding hydrogens is 1350 g/mol. The first-order chi connectivity index (χ1) is 47.5. The zero-order valence-electron chi connectivity index (χ0n) is 62.2. The quantitative estimate of drug-likeness (QED) is 0.175. The highest BCUT2D eigenvalue weighted by molar-refractivity contribution is 6.21. The van der Waals surface area contributed by atoms with Crippen LogP contribution in [0, 0.1) is 35.5 Å². The molecule has 12 amide bonds. The molecule has 6 fully saturated rings. The van der Waals surface area contributed by atoms with Gasteiger partial charge in [0.25, 0.3) is 0 Å². The van der Waals surface area contributed by atoms with Crippen LogP contribution in [0.3, 0.4) is 0 Å². The van der Waals surface area contributed by atoms with Crippen LogP contribution in [0.15, 0.2) is 0 Å². The number of amides is 12. The third-order valence-electron chi connectivity index (χ3n) is 23.0. The lowest BCUT2D eigenvalue weighted by Gasteiger charge is -2.42. The van der Waals surface area contributed by atoms with Crippen LogP contribution in [0.2, 0.25) is 0 Å². The highest BCUT2D eigenvalue weighted by atomic mass is 35.5. The number of halogens is 5. The number of carbonyl (C=O) groups excluding carboxylic acids is 12. The summed E-state index contributed by atoms with van der Waals surface area (Å²) in [5.41, 5.74) is -1.63. The third-order valence-corrected chi connectivity index (χ3v) is 24.1. The van der Waals surface area contributed by atoms with Gasteiger partial charge in [0.1, 0.15) is 47.8 Å². The van der Waals surface area contributed by atoms with Gasteiger partial charge in [0.05, 0.1) is 32.0 Å². The number of rotatable bonds is 12. The summed E-state index contributed by atoms with van der Waals surface area (Å²) in [4.78, 5) is 190. The Hall–Kier alpha value is -5.99. The minimum absolute atomic E-state index is 0.0184. The average Bonchev–Trinajstić information content (AvgIpc) is 1.64. The van der Waals surface area contributed by atoms with Gasteiger partial charge in [0, 0.05) is 79.7 Å². The Morgan fingerprint density at radius 1 is 0.584 bits per heavy atom. The van der Waals surface area contributed by atoms with Gasteiger partial charge in [-0.15, -0.1) is 23.2 Å². The van der Waals surface area contributed by atoms with E-state index in [-0.39, 0.29) is 76.2 Å². The SMILES string of the molecule is CC[C@H](C)[C@@H]1NC(=O)[C@H](C)N(C)C(=O)C[C@@H](C(=O)N2CCCC2)N(C)C(=O)[C@H](C(C)C)N(C)C(=O)C2(CCCC2)NC(=O)[C@H](CC2CCCCC2Cl)N(CC)C(=O)[C@H](CCC2CCC(C(F)(F)F)C(Cl)C2)NC(=O)CN(C)C(=O)[C@H](CC2CCCCC2)N(C)C(=O)CN(C)C(=O)CN(C)C1=O. The van der Waals surface area contributed by atoms with Crippen LogP contribution in [-0.4, -0.2) is 268 Å². The maximum atomic E-state index is 15.8. The number of likely N-dealkylation sites (N-methyl/N-ethyl adjacent to an activating group) is 8. The van der Waals surface area contributed by atoms with Gasteiger partial charge in [-0.05, 0) is 127 Å². The molecule has 0 radical (unpaired) electrons. The van der Waals surface area contributed by atoms with E-state index >= 15 is 19.2 Å². The van der Waals surface area contributed by atoms with E-state index in [1.807, 2.05) is 6.92 Å². The number of likely N-dealkylation sites (tertiary alicyclic amines) is 1.